The topological polar surface area (TPSA) is 38.3 Å². The van der Waals surface area contributed by atoms with E-state index in [1.165, 1.54) is 0 Å². The number of amides is 1. The van der Waals surface area contributed by atoms with Crippen LogP contribution in [0.1, 0.15) is 24.5 Å². The Hall–Kier alpha value is -1.71. The third-order valence-electron chi connectivity index (χ3n) is 3.70. The lowest BCUT2D eigenvalue weighted by atomic mass is 10.1. The third kappa shape index (κ3) is 4.18. The van der Waals surface area contributed by atoms with Crippen molar-refractivity contribution >= 4 is 34.8 Å². The third-order valence-corrected chi connectivity index (χ3v) is 4.52. The maximum Gasteiger partial charge on any atom is 0.265 e. The normalized spacial score (nSPS) is 11.9. The summed E-state index contributed by atoms with van der Waals surface area (Å²) in [6.45, 7) is 5.88. The van der Waals surface area contributed by atoms with E-state index in [9.17, 15) is 4.79 Å². The van der Waals surface area contributed by atoms with Gasteiger partial charge in [0, 0.05) is 0 Å². The number of nitrogens with one attached hydrogen (secondary N) is 1. The molecule has 0 heterocycles. The second kappa shape index (κ2) is 7.71. The number of carbonyl (C=O) groups is 1. The molecule has 23 heavy (non-hydrogen) atoms. The molecule has 0 unspecified atom stereocenters. The van der Waals surface area contributed by atoms with Crippen LogP contribution in [0.3, 0.4) is 0 Å². The average molecular weight is 352 g/mol. The molecule has 2 aromatic rings. The van der Waals surface area contributed by atoms with E-state index in [1.807, 2.05) is 39.0 Å². The molecule has 0 radical (unpaired) electrons. The molecule has 0 saturated heterocycles. The molecule has 0 aliphatic carbocycles. The Labute approximate surface area is 146 Å². The molecule has 0 spiro atoms. The Morgan fingerprint density at radius 3 is 2.57 bits per heavy atom. The predicted molar refractivity (Wildman–Crippen MR) is 95.7 cm³/mol. The van der Waals surface area contributed by atoms with E-state index >= 15 is 0 Å². The molecule has 122 valence electrons. The number of halogens is 2. The molecule has 0 bridgehead atoms. The molecule has 2 rings (SSSR count). The van der Waals surface area contributed by atoms with Crippen LogP contribution in [0.5, 0.6) is 5.75 Å². The monoisotopic (exact) mass is 351 g/mol. The van der Waals surface area contributed by atoms with Gasteiger partial charge in [0.15, 0.2) is 6.10 Å². The minimum absolute atomic E-state index is 0.252. The van der Waals surface area contributed by atoms with Crippen LogP contribution in [0.2, 0.25) is 10.0 Å². The van der Waals surface area contributed by atoms with Crippen LogP contribution >= 0.6 is 23.2 Å². The van der Waals surface area contributed by atoms with E-state index in [-0.39, 0.29) is 5.91 Å². The van der Waals surface area contributed by atoms with Crippen molar-refractivity contribution in [2.75, 3.05) is 5.32 Å². The van der Waals surface area contributed by atoms with Crippen molar-refractivity contribution in [1.82, 2.24) is 0 Å². The first-order chi connectivity index (χ1) is 10.9. The highest BCUT2D eigenvalue weighted by Gasteiger charge is 2.20. The molecule has 0 fully saturated rings. The van der Waals surface area contributed by atoms with Crippen molar-refractivity contribution < 1.29 is 9.53 Å². The van der Waals surface area contributed by atoms with Gasteiger partial charge in [-0.3, -0.25) is 4.79 Å². The Balaban J connectivity index is 2.15. The second-order valence-corrected chi connectivity index (χ2v) is 6.09. The smallest absolute Gasteiger partial charge is 0.265 e. The Morgan fingerprint density at radius 1 is 1.17 bits per heavy atom. The van der Waals surface area contributed by atoms with E-state index < -0.39 is 6.10 Å². The van der Waals surface area contributed by atoms with E-state index in [0.717, 1.165) is 11.1 Å². The SMILES string of the molecule is CC[C@@H](Oc1cccc(C)c1C)C(=O)Nc1cccc(Cl)c1Cl. The van der Waals surface area contributed by atoms with Gasteiger partial charge in [-0.1, -0.05) is 48.3 Å². The van der Waals surface area contributed by atoms with Gasteiger partial charge in [-0.2, -0.15) is 0 Å². The zero-order valence-corrected chi connectivity index (χ0v) is 14.8. The van der Waals surface area contributed by atoms with Crippen LogP contribution < -0.4 is 10.1 Å². The molecule has 3 nitrogen and oxygen atoms in total. The summed E-state index contributed by atoms with van der Waals surface area (Å²) < 4.78 is 5.89. The van der Waals surface area contributed by atoms with Crippen LogP contribution in [-0.4, -0.2) is 12.0 Å². The number of hydrogen-bond acceptors (Lipinski definition) is 2. The lowest BCUT2D eigenvalue weighted by molar-refractivity contribution is -0.122. The van der Waals surface area contributed by atoms with Crippen molar-refractivity contribution in [3.8, 4) is 5.75 Å². The van der Waals surface area contributed by atoms with Gasteiger partial charge in [0.05, 0.1) is 15.7 Å². The first kappa shape index (κ1) is 17.6. The van der Waals surface area contributed by atoms with E-state index in [4.69, 9.17) is 27.9 Å². The van der Waals surface area contributed by atoms with Crippen molar-refractivity contribution in [3.63, 3.8) is 0 Å². The summed E-state index contributed by atoms with van der Waals surface area (Å²) in [4.78, 5) is 12.5. The number of hydrogen-bond donors (Lipinski definition) is 1. The predicted octanol–water partition coefficient (Wildman–Crippen LogP) is 5.41. The number of ether oxygens (including phenoxy) is 1. The minimum atomic E-state index is -0.606. The number of benzene rings is 2. The van der Waals surface area contributed by atoms with Gasteiger partial charge >= 0.3 is 0 Å². The van der Waals surface area contributed by atoms with Crippen molar-refractivity contribution in [2.24, 2.45) is 0 Å². The van der Waals surface area contributed by atoms with Gasteiger partial charge in [-0.25, -0.2) is 0 Å². The van der Waals surface area contributed by atoms with Gasteiger partial charge in [-0.05, 0) is 49.6 Å². The Bertz CT molecular complexity index is 716. The fraction of sp³-hybridized carbons (Fsp3) is 0.278. The van der Waals surface area contributed by atoms with Crippen LogP contribution in [0.4, 0.5) is 5.69 Å². The van der Waals surface area contributed by atoms with Gasteiger partial charge in [-0.15, -0.1) is 0 Å². The van der Waals surface area contributed by atoms with Gasteiger partial charge < -0.3 is 10.1 Å². The summed E-state index contributed by atoms with van der Waals surface area (Å²) in [6.07, 6.45) is -0.0669. The van der Waals surface area contributed by atoms with Crippen LogP contribution in [0.15, 0.2) is 36.4 Å². The molecule has 5 heteroatoms. The highest BCUT2D eigenvalue weighted by atomic mass is 35.5. The molecule has 0 saturated carbocycles. The second-order valence-electron chi connectivity index (χ2n) is 5.30. The maximum absolute atomic E-state index is 12.5. The van der Waals surface area contributed by atoms with Crippen molar-refractivity contribution in [2.45, 2.75) is 33.3 Å². The first-order valence-electron chi connectivity index (χ1n) is 7.41. The molecule has 0 aliphatic rings. The minimum Gasteiger partial charge on any atom is -0.480 e. The lowest BCUT2D eigenvalue weighted by Gasteiger charge is -2.19. The van der Waals surface area contributed by atoms with Gasteiger partial charge in [0.1, 0.15) is 5.75 Å². The summed E-state index contributed by atoms with van der Waals surface area (Å²) in [5.74, 6) is 0.460. The molecule has 1 atom stereocenters. The standard InChI is InChI=1S/C18H19Cl2NO2/c1-4-15(23-16-10-5-7-11(2)12(16)3)18(22)21-14-9-6-8-13(19)17(14)20/h5-10,15H,4H2,1-3H3,(H,21,22)/t15-/m1/s1. The molecule has 1 N–H and O–H groups in total. The lowest BCUT2D eigenvalue weighted by Crippen LogP contribution is -2.32. The largest absolute Gasteiger partial charge is 0.480 e. The molecule has 0 aromatic heterocycles. The zero-order chi connectivity index (χ0) is 17.0. The van der Waals surface area contributed by atoms with Crippen LogP contribution in [-0.2, 0) is 4.79 Å². The van der Waals surface area contributed by atoms with E-state index in [1.54, 1.807) is 18.2 Å². The molecule has 0 aliphatic heterocycles. The zero-order valence-electron chi connectivity index (χ0n) is 13.3. The molecule has 2 aromatic carbocycles. The summed E-state index contributed by atoms with van der Waals surface area (Å²) in [5, 5.41) is 3.50. The number of aryl methyl sites for hydroxylation is 1. The fourth-order valence-electron chi connectivity index (χ4n) is 2.14. The summed E-state index contributed by atoms with van der Waals surface area (Å²) in [7, 11) is 0. The number of carbonyl (C=O) groups excluding carboxylic acids is 1. The maximum atomic E-state index is 12.5. The Morgan fingerprint density at radius 2 is 1.87 bits per heavy atom. The summed E-state index contributed by atoms with van der Waals surface area (Å²) >= 11 is 12.1. The van der Waals surface area contributed by atoms with Gasteiger partial charge in [0.2, 0.25) is 0 Å². The van der Waals surface area contributed by atoms with Crippen LogP contribution in [0, 0.1) is 13.8 Å². The van der Waals surface area contributed by atoms with E-state index in [2.05, 4.69) is 5.32 Å². The molecular weight excluding hydrogens is 333 g/mol. The fourth-order valence-corrected chi connectivity index (χ4v) is 2.49. The number of rotatable bonds is 5. The Kier molecular flexibility index (Phi) is 5.91. The quantitative estimate of drug-likeness (QED) is 0.782. The highest BCUT2D eigenvalue weighted by molar-refractivity contribution is 6.44. The van der Waals surface area contributed by atoms with E-state index in [0.29, 0.717) is 27.9 Å². The van der Waals surface area contributed by atoms with Crippen molar-refractivity contribution in [1.29, 1.82) is 0 Å². The highest BCUT2D eigenvalue weighted by Crippen LogP contribution is 2.30. The first-order valence-corrected chi connectivity index (χ1v) is 8.17. The van der Waals surface area contributed by atoms with Crippen molar-refractivity contribution in [3.05, 3.63) is 57.6 Å². The molecular formula is C18H19Cl2NO2. The molecule has 1 amide bonds. The van der Waals surface area contributed by atoms with Crippen LogP contribution in [0.25, 0.3) is 0 Å². The average Bonchev–Trinajstić information content (AvgIpc) is 2.53. The summed E-state index contributed by atoms with van der Waals surface area (Å²) in [5.41, 5.74) is 2.63. The summed E-state index contributed by atoms with van der Waals surface area (Å²) in [6, 6.07) is 10.9. The van der Waals surface area contributed by atoms with Gasteiger partial charge in [0.25, 0.3) is 5.91 Å². The number of anilines is 1.